The molecule has 2 atom stereocenters. The van der Waals surface area contributed by atoms with Crippen LogP contribution in [0.25, 0.3) is 0 Å². The minimum atomic E-state index is 0.433. The predicted molar refractivity (Wildman–Crippen MR) is 70.5 cm³/mol. The first-order valence-electron chi connectivity index (χ1n) is 6.60. The summed E-state index contributed by atoms with van der Waals surface area (Å²) in [5.74, 6) is 0. The molecule has 100 valence electrons. The average Bonchev–Trinajstić information content (AvgIpc) is 2.45. The Bertz CT molecular complexity index is 372. The minimum Gasteiger partial charge on any atom is -0.467 e. The molecule has 5 nitrogen and oxygen atoms in total. The molecule has 1 aromatic heterocycles. The maximum absolute atomic E-state index is 5.03. The summed E-state index contributed by atoms with van der Waals surface area (Å²) >= 11 is 0. The SMILES string of the molecule is CNC1CCCCC1NCc1ccnc(OC)n1. The fraction of sp³-hybridized carbons (Fsp3) is 0.692. The number of nitrogens with zero attached hydrogens (tertiary/aromatic N) is 2. The van der Waals surface area contributed by atoms with Crippen LogP contribution in [-0.2, 0) is 6.54 Å². The lowest BCUT2D eigenvalue weighted by Crippen LogP contribution is -2.48. The highest BCUT2D eigenvalue weighted by atomic mass is 16.5. The molecule has 18 heavy (non-hydrogen) atoms. The van der Waals surface area contributed by atoms with Crippen molar-refractivity contribution in [2.45, 2.75) is 44.3 Å². The van der Waals surface area contributed by atoms with Crippen LogP contribution in [0, 0.1) is 0 Å². The molecule has 2 N–H and O–H groups in total. The van der Waals surface area contributed by atoms with Gasteiger partial charge in [0.2, 0.25) is 0 Å². The molecule has 1 aromatic rings. The zero-order valence-corrected chi connectivity index (χ0v) is 11.1. The highest BCUT2D eigenvalue weighted by Crippen LogP contribution is 2.18. The zero-order chi connectivity index (χ0) is 12.8. The van der Waals surface area contributed by atoms with E-state index >= 15 is 0 Å². The highest BCUT2D eigenvalue weighted by molar-refractivity contribution is 5.05. The van der Waals surface area contributed by atoms with E-state index in [9.17, 15) is 0 Å². The number of ether oxygens (including phenoxy) is 1. The van der Waals surface area contributed by atoms with E-state index < -0.39 is 0 Å². The highest BCUT2D eigenvalue weighted by Gasteiger charge is 2.22. The van der Waals surface area contributed by atoms with Gasteiger partial charge in [-0.2, -0.15) is 4.98 Å². The Morgan fingerprint density at radius 1 is 1.33 bits per heavy atom. The summed E-state index contributed by atoms with van der Waals surface area (Å²) in [6, 6.07) is 3.46. The molecule has 1 saturated carbocycles. The standard InChI is InChI=1S/C13H22N4O/c1-14-11-5-3-4-6-12(11)16-9-10-7-8-15-13(17-10)18-2/h7-8,11-12,14,16H,3-6,9H2,1-2H3. The number of rotatable bonds is 5. The van der Waals surface area contributed by atoms with Crippen LogP contribution in [0.3, 0.4) is 0 Å². The molecule has 1 aliphatic rings. The quantitative estimate of drug-likeness (QED) is 0.819. The van der Waals surface area contributed by atoms with E-state index in [1.54, 1.807) is 13.3 Å². The molecular formula is C13H22N4O. The first-order chi connectivity index (χ1) is 8.83. The van der Waals surface area contributed by atoms with Crippen LogP contribution in [0.4, 0.5) is 0 Å². The van der Waals surface area contributed by atoms with Crippen molar-refractivity contribution in [3.8, 4) is 6.01 Å². The van der Waals surface area contributed by atoms with E-state index in [1.165, 1.54) is 25.7 Å². The van der Waals surface area contributed by atoms with Crippen molar-refractivity contribution in [3.05, 3.63) is 18.0 Å². The summed E-state index contributed by atoms with van der Waals surface area (Å²) in [7, 11) is 3.63. The van der Waals surface area contributed by atoms with Gasteiger partial charge in [0.25, 0.3) is 0 Å². The maximum atomic E-state index is 5.03. The van der Waals surface area contributed by atoms with Crippen LogP contribution < -0.4 is 15.4 Å². The van der Waals surface area contributed by atoms with E-state index in [0.717, 1.165) is 12.2 Å². The molecular weight excluding hydrogens is 228 g/mol. The normalized spacial score (nSPS) is 23.9. The monoisotopic (exact) mass is 250 g/mol. The molecule has 1 heterocycles. The Hall–Kier alpha value is -1.20. The van der Waals surface area contributed by atoms with E-state index in [1.807, 2.05) is 13.1 Å². The molecule has 0 saturated heterocycles. The molecule has 5 heteroatoms. The number of methoxy groups -OCH3 is 1. The minimum absolute atomic E-state index is 0.433. The maximum Gasteiger partial charge on any atom is 0.316 e. The van der Waals surface area contributed by atoms with Gasteiger partial charge < -0.3 is 15.4 Å². The first-order valence-corrected chi connectivity index (χ1v) is 6.60. The fourth-order valence-electron chi connectivity index (χ4n) is 2.53. The van der Waals surface area contributed by atoms with Gasteiger partial charge in [-0.3, -0.25) is 0 Å². The molecule has 0 amide bonds. The summed E-state index contributed by atoms with van der Waals surface area (Å²) in [6.07, 6.45) is 6.85. The molecule has 0 aromatic carbocycles. The summed E-state index contributed by atoms with van der Waals surface area (Å²) in [4.78, 5) is 8.32. The van der Waals surface area contributed by atoms with Crippen molar-refractivity contribution >= 4 is 0 Å². The Morgan fingerprint density at radius 3 is 2.83 bits per heavy atom. The predicted octanol–water partition coefficient (Wildman–Crippen LogP) is 1.11. The lowest BCUT2D eigenvalue weighted by Gasteiger charge is -2.32. The topological polar surface area (TPSA) is 59.1 Å². The van der Waals surface area contributed by atoms with Crippen molar-refractivity contribution in [2.24, 2.45) is 0 Å². The second-order valence-electron chi connectivity index (χ2n) is 4.70. The van der Waals surface area contributed by atoms with Crippen molar-refractivity contribution < 1.29 is 4.74 Å². The van der Waals surface area contributed by atoms with Crippen molar-refractivity contribution in [2.75, 3.05) is 14.2 Å². The Balaban J connectivity index is 1.89. The van der Waals surface area contributed by atoms with E-state index in [4.69, 9.17) is 4.74 Å². The molecule has 1 fully saturated rings. The molecule has 0 spiro atoms. The fourth-order valence-corrected chi connectivity index (χ4v) is 2.53. The van der Waals surface area contributed by atoms with E-state index in [0.29, 0.717) is 18.1 Å². The van der Waals surface area contributed by atoms with E-state index in [-0.39, 0.29) is 0 Å². The first kappa shape index (κ1) is 13.2. The summed E-state index contributed by atoms with van der Waals surface area (Å²) in [5.41, 5.74) is 0.974. The average molecular weight is 250 g/mol. The van der Waals surface area contributed by atoms with Gasteiger partial charge in [0.15, 0.2) is 0 Å². The Morgan fingerprint density at radius 2 is 2.11 bits per heavy atom. The number of likely N-dealkylation sites (N-methyl/N-ethyl adjacent to an activating group) is 1. The number of nitrogens with one attached hydrogen (secondary N) is 2. The van der Waals surface area contributed by atoms with Crippen LogP contribution >= 0.6 is 0 Å². The van der Waals surface area contributed by atoms with Gasteiger partial charge in [0.1, 0.15) is 0 Å². The summed E-state index contributed by atoms with van der Waals surface area (Å²) < 4.78 is 5.03. The zero-order valence-electron chi connectivity index (χ0n) is 11.1. The van der Waals surface area contributed by atoms with Gasteiger partial charge in [0.05, 0.1) is 12.8 Å². The molecule has 1 aliphatic carbocycles. The molecule has 0 aliphatic heterocycles. The van der Waals surface area contributed by atoms with Gasteiger partial charge in [-0.05, 0) is 26.0 Å². The van der Waals surface area contributed by atoms with Crippen molar-refractivity contribution in [1.29, 1.82) is 0 Å². The van der Waals surface area contributed by atoms with E-state index in [2.05, 4.69) is 20.6 Å². The van der Waals surface area contributed by atoms with Gasteiger partial charge in [0, 0.05) is 24.8 Å². The second-order valence-corrected chi connectivity index (χ2v) is 4.70. The van der Waals surface area contributed by atoms with Gasteiger partial charge in [-0.1, -0.05) is 12.8 Å². The lowest BCUT2D eigenvalue weighted by molar-refractivity contribution is 0.293. The van der Waals surface area contributed by atoms with Crippen LogP contribution in [0.5, 0.6) is 6.01 Å². The van der Waals surface area contributed by atoms with Crippen LogP contribution in [0.2, 0.25) is 0 Å². The van der Waals surface area contributed by atoms with Gasteiger partial charge >= 0.3 is 6.01 Å². The summed E-state index contributed by atoms with van der Waals surface area (Å²) in [6.45, 7) is 0.766. The number of hydrogen-bond acceptors (Lipinski definition) is 5. The lowest BCUT2D eigenvalue weighted by atomic mass is 9.90. The Kier molecular flexibility index (Phi) is 4.90. The third-order valence-electron chi connectivity index (χ3n) is 3.56. The third-order valence-corrected chi connectivity index (χ3v) is 3.56. The van der Waals surface area contributed by atoms with Gasteiger partial charge in [-0.25, -0.2) is 4.98 Å². The van der Waals surface area contributed by atoms with Crippen molar-refractivity contribution in [3.63, 3.8) is 0 Å². The number of hydrogen-bond donors (Lipinski definition) is 2. The molecule has 0 radical (unpaired) electrons. The second kappa shape index (κ2) is 6.66. The Labute approximate surface area is 108 Å². The van der Waals surface area contributed by atoms with Gasteiger partial charge in [-0.15, -0.1) is 0 Å². The van der Waals surface area contributed by atoms with Crippen molar-refractivity contribution in [1.82, 2.24) is 20.6 Å². The smallest absolute Gasteiger partial charge is 0.316 e. The van der Waals surface area contributed by atoms with Crippen LogP contribution in [0.1, 0.15) is 31.4 Å². The van der Waals surface area contributed by atoms with Crippen LogP contribution in [0.15, 0.2) is 12.3 Å². The summed E-state index contributed by atoms with van der Waals surface area (Å²) in [5, 5.41) is 6.97. The third kappa shape index (κ3) is 3.40. The number of aromatic nitrogens is 2. The van der Waals surface area contributed by atoms with Crippen LogP contribution in [-0.4, -0.2) is 36.2 Å². The largest absolute Gasteiger partial charge is 0.467 e. The molecule has 2 rings (SSSR count). The molecule has 0 bridgehead atoms. The molecule has 2 unspecified atom stereocenters.